The van der Waals surface area contributed by atoms with Crippen molar-refractivity contribution in [3.05, 3.63) is 45.4 Å². The maximum Gasteiger partial charge on any atom is 0.351 e. The second kappa shape index (κ2) is 5.40. The molecule has 1 aromatic heterocycles. The van der Waals surface area contributed by atoms with Crippen LogP contribution < -0.4 is 5.06 Å². The molecule has 3 rings (SSSR count). The molecule has 0 atom stereocenters. The highest BCUT2D eigenvalue weighted by molar-refractivity contribution is 7.18. The van der Waals surface area contributed by atoms with Gasteiger partial charge in [-0.05, 0) is 11.1 Å². The summed E-state index contributed by atoms with van der Waals surface area (Å²) < 4.78 is 4.66. The van der Waals surface area contributed by atoms with Gasteiger partial charge in [-0.1, -0.05) is 47.2 Å². The lowest BCUT2D eigenvalue weighted by molar-refractivity contribution is 0.0606. The number of halogens is 1. The maximum atomic E-state index is 11.5. The second-order valence-corrected chi connectivity index (χ2v) is 5.52. The van der Waals surface area contributed by atoms with Gasteiger partial charge in [-0.15, -0.1) is 0 Å². The summed E-state index contributed by atoms with van der Waals surface area (Å²) in [5.41, 5.74) is 2.32. The third-order valence-electron chi connectivity index (χ3n) is 2.97. The molecule has 0 N–H and O–H groups in total. The molecule has 2 aromatic rings. The molecule has 0 spiro atoms. The molecule has 2 heterocycles. The highest BCUT2D eigenvalue weighted by atomic mass is 35.5. The number of fused-ring (bicyclic) bond motifs is 1. The fourth-order valence-electron chi connectivity index (χ4n) is 1.94. The van der Waals surface area contributed by atoms with E-state index in [1.807, 2.05) is 24.3 Å². The van der Waals surface area contributed by atoms with Crippen molar-refractivity contribution in [1.29, 1.82) is 0 Å². The number of hydroxylamine groups is 1. The normalized spacial score (nSPS) is 14.0. The average molecular weight is 311 g/mol. The van der Waals surface area contributed by atoms with E-state index in [2.05, 4.69) is 9.72 Å². The summed E-state index contributed by atoms with van der Waals surface area (Å²) in [5.74, 6) is -0.490. The molecule has 0 bridgehead atoms. The van der Waals surface area contributed by atoms with Crippen LogP contribution in [0.3, 0.4) is 0 Å². The number of anilines is 1. The molecule has 1 aromatic carbocycles. The van der Waals surface area contributed by atoms with Crippen molar-refractivity contribution in [3.63, 3.8) is 0 Å². The average Bonchev–Trinajstić information content (AvgIpc) is 2.88. The van der Waals surface area contributed by atoms with Crippen LogP contribution in [0, 0.1) is 0 Å². The van der Waals surface area contributed by atoms with Crippen LogP contribution in [0.25, 0.3) is 0 Å². The minimum atomic E-state index is -0.490. The lowest BCUT2D eigenvalue weighted by Gasteiger charge is -2.27. The first-order valence-electron chi connectivity index (χ1n) is 5.91. The van der Waals surface area contributed by atoms with Crippen LogP contribution in [0.4, 0.5) is 5.13 Å². The van der Waals surface area contributed by atoms with E-state index in [-0.39, 0.29) is 10.0 Å². The van der Waals surface area contributed by atoms with Crippen molar-refractivity contribution in [1.82, 2.24) is 4.98 Å². The Hall–Kier alpha value is -1.63. The zero-order valence-electron chi connectivity index (χ0n) is 10.6. The maximum absolute atomic E-state index is 11.5. The number of esters is 1. The lowest BCUT2D eigenvalue weighted by atomic mass is 10.1. The minimum Gasteiger partial charge on any atom is -0.465 e. The fraction of sp³-hybridized carbons (Fsp3) is 0.231. The molecular formula is C13H11ClN2O3S. The zero-order chi connectivity index (χ0) is 14.1. The standard InChI is InChI=1S/C13H11ClN2O3S/c1-18-12(17)10-11(14)15-13(20-10)16-6-8-4-2-3-5-9(8)7-19-16/h2-5H,6-7H2,1H3. The van der Waals surface area contributed by atoms with Gasteiger partial charge in [0.25, 0.3) is 0 Å². The topological polar surface area (TPSA) is 51.7 Å². The van der Waals surface area contributed by atoms with Gasteiger partial charge in [0.1, 0.15) is 6.61 Å². The van der Waals surface area contributed by atoms with Crippen molar-refractivity contribution in [2.24, 2.45) is 0 Å². The van der Waals surface area contributed by atoms with E-state index in [0.717, 1.165) is 16.9 Å². The molecule has 0 saturated carbocycles. The Bertz CT molecular complexity index is 659. The quantitative estimate of drug-likeness (QED) is 0.798. The first kappa shape index (κ1) is 13.4. The van der Waals surface area contributed by atoms with Crippen LogP contribution in [0.5, 0.6) is 0 Å². The fourth-order valence-corrected chi connectivity index (χ4v) is 3.10. The van der Waals surface area contributed by atoms with Gasteiger partial charge in [-0.25, -0.2) is 14.8 Å². The number of benzene rings is 1. The van der Waals surface area contributed by atoms with Crippen molar-refractivity contribution < 1.29 is 14.4 Å². The zero-order valence-corrected chi connectivity index (χ0v) is 12.2. The minimum absolute atomic E-state index is 0.138. The van der Waals surface area contributed by atoms with Gasteiger partial charge in [0.15, 0.2) is 10.0 Å². The third kappa shape index (κ3) is 2.37. The van der Waals surface area contributed by atoms with E-state index in [1.165, 1.54) is 12.7 Å². The predicted octanol–water partition coefficient (Wildman–Crippen LogP) is 3.03. The molecule has 0 aliphatic carbocycles. The van der Waals surface area contributed by atoms with Gasteiger partial charge >= 0.3 is 5.97 Å². The number of aromatic nitrogens is 1. The van der Waals surface area contributed by atoms with Gasteiger partial charge in [0.2, 0.25) is 5.13 Å². The lowest BCUT2D eigenvalue weighted by Crippen LogP contribution is -2.27. The Morgan fingerprint density at radius 3 is 2.95 bits per heavy atom. The van der Waals surface area contributed by atoms with E-state index in [4.69, 9.17) is 16.4 Å². The largest absolute Gasteiger partial charge is 0.465 e. The molecule has 1 aliphatic heterocycles. The molecule has 104 valence electrons. The molecule has 7 heteroatoms. The number of carbonyl (C=O) groups excluding carboxylic acids is 1. The highest BCUT2D eigenvalue weighted by Crippen LogP contribution is 2.33. The monoisotopic (exact) mass is 310 g/mol. The van der Waals surface area contributed by atoms with Crippen molar-refractivity contribution in [3.8, 4) is 0 Å². The number of methoxy groups -OCH3 is 1. The van der Waals surface area contributed by atoms with Gasteiger partial charge in [0, 0.05) is 0 Å². The van der Waals surface area contributed by atoms with Crippen LogP contribution >= 0.6 is 22.9 Å². The molecule has 0 amide bonds. The number of thiazole rings is 1. The first-order valence-corrected chi connectivity index (χ1v) is 7.10. The Morgan fingerprint density at radius 2 is 2.20 bits per heavy atom. The summed E-state index contributed by atoms with van der Waals surface area (Å²) in [6, 6.07) is 8.03. The predicted molar refractivity (Wildman–Crippen MR) is 75.9 cm³/mol. The van der Waals surface area contributed by atoms with Crippen LogP contribution in [-0.4, -0.2) is 18.1 Å². The summed E-state index contributed by atoms with van der Waals surface area (Å²) in [4.78, 5) is 21.6. The van der Waals surface area contributed by atoms with Crippen LogP contribution in [0.1, 0.15) is 20.8 Å². The molecule has 5 nitrogen and oxygen atoms in total. The van der Waals surface area contributed by atoms with Crippen molar-refractivity contribution in [2.45, 2.75) is 13.2 Å². The van der Waals surface area contributed by atoms with E-state index in [9.17, 15) is 4.79 Å². The van der Waals surface area contributed by atoms with E-state index < -0.39 is 5.97 Å². The number of hydrogen-bond acceptors (Lipinski definition) is 6. The third-order valence-corrected chi connectivity index (χ3v) is 4.39. The van der Waals surface area contributed by atoms with Crippen molar-refractivity contribution >= 4 is 34.0 Å². The van der Waals surface area contributed by atoms with Gasteiger partial charge < -0.3 is 4.74 Å². The number of nitrogens with zero attached hydrogens (tertiary/aromatic N) is 2. The highest BCUT2D eigenvalue weighted by Gasteiger charge is 2.24. The summed E-state index contributed by atoms with van der Waals surface area (Å²) >= 11 is 7.11. The van der Waals surface area contributed by atoms with Gasteiger partial charge in [0.05, 0.1) is 13.7 Å². The molecule has 0 saturated heterocycles. The van der Waals surface area contributed by atoms with Gasteiger partial charge in [-0.2, -0.15) is 0 Å². The molecule has 20 heavy (non-hydrogen) atoms. The number of rotatable bonds is 2. The molecule has 0 radical (unpaired) electrons. The Labute approximate surface area is 124 Å². The van der Waals surface area contributed by atoms with Crippen LogP contribution in [-0.2, 0) is 22.7 Å². The summed E-state index contributed by atoms with van der Waals surface area (Å²) in [6.45, 7) is 1.04. The molecule has 0 unspecified atom stereocenters. The summed E-state index contributed by atoms with van der Waals surface area (Å²) in [6.07, 6.45) is 0. The summed E-state index contributed by atoms with van der Waals surface area (Å²) in [5, 5.41) is 2.33. The molecule has 0 fully saturated rings. The van der Waals surface area contributed by atoms with E-state index >= 15 is 0 Å². The van der Waals surface area contributed by atoms with Crippen molar-refractivity contribution in [2.75, 3.05) is 12.2 Å². The molecule has 1 aliphatic rings. The number of hydrogen-bond donors (Lipinski definition) is 0. The van der Waals surface area contributed by atoms with E-state index in [1.54, 1.807) is 5.06 Å². The van der Waals surface area contributed by atoms with Crippen LogP contribution in [0.2, 0.25) is 5.15 Å². The number of carbonyl (C=O) groups is 1. The van der Waals surface area contributed by atoms with Crippen LogP contribution in [0.15, 0.2) is 24.3 Å². The summed E-state index contributed by atoms with van der Waals surface area (Å²) in [7, 11) is 1.31. The number of ether oxygens (including phenoxy) is 1. The Kier molecular flexibility index (Phi) is 3.60. The first-order chi connectivity index (χ1) is 9.69. The second-order valence-electron chi connectivity index (χ2n) is 4.19. The molecular weight excluding hydrogens is 300 g/mol. The van der Waals surface area contributed by atoms with E-state index in [0.29, 0.717) is 18.3 Å². The SMILES string of the molecule is COC(=O)c1sc(N2Cc3ccccc3CO2)nc1Cl. The smallest absolute Gasteiger partial charge is 0.351 e. The van der Waals surface area contributed by atoms with Gasteiger partial charge in [-0.3, -0.25) is 4.84 Å². The Balaban J connectivity index is 1.87. The Morgan fingerprint density at radius 1 is 1.45 bits per heavy atom.